The normalized spacial score (nSPS) is 10.6. The Balaban J connectivity index is 1.52. The summed E-state index contributed by atoms with van der Waals surface area (Å²) < 4.78 is 0. The summed E-state index contributed by atoms with van der Waals surface area (Å²) in [4.78, 5) is 25.7. The summed E-state index contributed by atoms with van der Waals surface area (Å²) in [5.74, 6) is 0.539. The number of hydrogen-bond donors (Lipinski definition) is 4. The molecule has 2 heterocycles. The molecule has 4 rings (SSSR count). The van der Waals surface area contributed by atoms with Gasteiger partial charge in [0, 0.05) is 6.20 Å². The van der Waals surface area contributed by atoms with Crippen LogP contribution in [0.4, 0.5) is 23.1 Å². The number of hydrogen-bond acceptors (Lipinski definition) is 7. The van der Waals surface area contributed by atoms with Crippen LogP contribution >= 0.6 is 0 Å². The number of aromatic nitrogens is 3. The number of nitrogens with one attached hydrogen (secondary N) is 3. The van der Waals surface area contributed by atoms with Gasteiger partial charge in [0.05, 0.1) is 5.92 Å². The van der Waals surface area contributed by atoms with Crippen molar-refractivity contribution in [3.8, 4) is 0 Å². The number of hydrazine groups is 1. The second-order valence-corrected chi connectivity index (χ2v) is 7.20. The molecule has 8 nitrogen and oxygen atoms in total. The van der Waals surface area contributed by atoms with E-state index in [-0.39, 0.29) is 17.4 Å². The first-order chi connectivity index (χ1) is 15.6. The summed E-state index contributed by atoms with van der Waals surface area (Å²) >= 11 is 0. The van der Waals surface area contributed by atoms with Crippen molar-refractivity contribution in [3.05, 3.63) is 102 Å². The van der Waals surface area contributed by atoms with Gasteiger partial charge in [0.25, 0.3) is 0 Å². The molecule has 0 atom stereocenters. The van der Waals surface area contributed by atoms with E-state index in [2.05, 4.69) is 31.1 Å². The molecule has 0 bridgehead atoms. The fourth-order valence-electron chi connectivity index (χ4n) is 3.30. The van der Waals surface area contributed by atoms with E-state index in [1.54, 1.807) is 6.20 Å². The highest BCUT2D eigenvalue weighted by Crippen LogP contribution is 2.27. The Bertz CT molecular complexity index is 1160. The molecular formula is C24H23N7O. The highest BCUT2D eigenvalue weighted by atomic mass is 16.2. The van der Waals surface area contributed by atoms with Crippen LogP contribution in [0, 0.1) is 6.92 Å². The van der Waals surface area contributed by atoms with Crippen molar-refractivity contribution in [2.75, 3.05) is 16.5 Å². The molecular weight excluding hydrogens is 402 g/mol. The number of anilines is 4. The van der Waals surface area contributed by atoms with E-state index in [9.17, 15) is 4.79 Å². The molecule has 2 aromatic carbocycles. The monoisotopic (exact) mass is 425 g/mol. The number of nitrogens with zero attached hydrogens (tertiary/aromatic N) is 3. The lowest BCUT2D eigenvalue weighted by molar-refractivity contribution is -0.121. The largest absolute Gasteiger partial charge is 0.393 e. The molecule has 0 aliphatic rings. The Labute approximate surface area is 185 Å². The third-order valence-corrected chi connectivity index (χ3v) is 4.88. The van der Waals surface area contributed by atoms with Gasteiger partial charge >= 0.3 is 0 Å². The standard InChI is InChI=1S/C24H23N7O/c1-16-12-13-26-19(14-16)29-22-21(25)23(28-15-27-22)30-31-24(32)20(17-8-4-2-5-9-17)18-10-6-3-7-11-18/h2-15,20H,25H2,1H3,(H,31,32)(H2,26,27,28,29,30). The van der Waals surface area contributed by atoms with E-state index in [4.69, 9.17) is 5.73 Å². The van der Waals surface area contributed by atoms with Crippen molar-refractivity contribution in [3.63, 3.8) is 0 Å². The van der Waals surface area contributed by atoms with Crippen molar-refractivity contribution in [1.82, 2.24) is 20.4 Å². The number of aryl methyl sites for hydroxylation is 1. The Hall–Kier alpha value is -4.46. The molecule has 32 heavy (non-hydrogen) atoms. The number of nitrogens with two attached hydrogens (primary N) is 1. The molecule has 5 N–H and O–H groups in total. The second-order valence-electron chi connectivity index (χ2n) is 7.20. The van der Waals surface area contributed by atoms with Crippen LogP contribution < -0.4 is 21.9 Å². The van der Waals surface area contributed by atoms with Crippen LogP contribution in [0.2, 0.25) is 0 Å². The van der Waals surface area contributed by atoms with Crippen LogP contribution in [0.15, 0.2) is 85.3 Å². The van der Waals surface area contributed by atoms with Crippen LogP contribution in [0.3, 0.4) is 0 Å². The van der Waals surface area contributed by atoms with Crippen LogP contribution in [-0.4, -0.2) is 20.9 Å². The molecule has 0 aliphatic carbocycles. The van der Waals surface area contributed by atoms with Gasteiger partial charge in [-0.2, -0.15) is 0 Å². The smallest absolute Gasteiger partial charge is 0.250 e. The number of carbonyl (C=O) groups is 1. The van der Waals surface area contributed by atoms with Crippen LogP contribution in [0.25, 0.3) is 0 Å². The summed E-state index contributed by atoms with van der Waals surface area (Å²) in [7, 11) is 0. The van der Waals surface area contributed by atoms with Crippen molar-refractivity contribution >= 4 is 29.0 Å². The van der Waals surface area contributed by atoms with Crippen molar-refractivity contribution < 1.29 is 4.79 Å². The average Bonchev–Trinajstić information content (AvgIpc) is 2.81. The molecule has 160 valence electrons. The van der Waals surface area contributed by atoms with E-state index in [0.717, 1.165) is 16.7 Å². The van der Waals surface area contributed by atoms with Crippen molar-refractivity contribution in [2.45, 2.75) is 12.8 Å². The van der Waals surface area contributed by atoms with Gasteiger partial charge in [-0.3, -0.25) is 15.6 Å². The van der Waals surface area contributed by atoms with Crippen molar-refractivity contribution in [2.24, 2.45) is 0 Å². The van der Waals surface area contributed by atoms with Crippen LogP contribution in [-0.2, 0) is 4.79 Å². The van der Waals surface area contributed by atoms with Crippen LogP contribution in [0.1, 0.15) is 22.6 Å². The molecule has 8 heteroatoms. The van der Waals surface area contributed by atoms with E-state index in [0.29, 0.717) is 11.6 Å². The molecule has 1 amide bonds. The predicted molar refractivity (Wildman–Crippen MR) is 125 cm³/mol. The van der Waals surface area contributed by atoms with Gasteiger partial charge in [-0.15, -0.1) is 0 Å². The third kappa shape index (κ3) is 4.81. The zero-order chi connectivity index (χ0) is 22.3. The molecule has 0 unspecified atom stereocenters. The maximum atomic E-state index is 13.2. The second kappa shape index (κ2) is 9.57. The maximum Gasteiger partial charge on any atom is 0.250 e. The van der Waals surface area contributed by atoms with Crippen molar-refractivity contribution in [1.29, 1.82) is 0 Å². The molecule has 0 saturated carbocycles. The van der Waals surface area contributed by atoms with Gasteiger partial charge in [0.15, 0.2) is 11.6 Å². The Morgan fingerprint density at radius 2 is 1.50 bits per heavy atom. The fraction of sp³-hybridized carbons (Fsp3) is 0.0833. The first-order valence-corrected chi connectivity index (χ1v) is 10.1. The van der Waals surface area contributed by atoms with Crippen LogP contribution in [0.5, 0.6) is 0 Å². The number of nitrogen functional groups attached to an aromatic ring is 1. The summed E-state index contributed by atoms with van der Waals surface area (Å²) in [5, 5.41) is 3.08. The van der Waals surface area contributed by atoms with E-state index in [1.165, 1.54) is 6.33 Å². The molecule has 0 fully saturated rings. The minimum absolute atomic E-state index is 0.240. The zero-order valence-electron chi connectivity index (χ0n) is 17.5. The van der Waals surface area contributed by atoms with Gasteiger partial charge in [-0.25, -0.2) is 15.0 Å². The van der Waals surface area contributed by atoms with Gasteiger partial charge in [-0.1, -0.05) is 60.7 Å². The summed E-state index contributed by atoms with van der Waals surface area (Å²) in [6, 6.07) is 22.9. The molecule has 2 aromatic heterocycles. The fourth-order valence-corrected chi connectivity index (χ4v) is 3.30. The molecule has 0 radical (unpaired) electrons. The number of carbonyl (C=O) groups excluding carboxylic acids is 1. The Morgan fingerprint density at radius 1 is 0.875 bits per heavy atom. The zero-order valence-corrected chi connectivity index (χ0v) is 17.5. The first kappa shape index (κ1) is 20.8. The average molecular weight is 425 g/mol. The Kier molecular flexibility index (Phi) is 6.22. The van der Waals surface area contributed by atoms with Gasteiger partial charge in [0.1, 0.15) is 17.8 Å². The molecule has 0 aliphatic heterocycles. The molecule has 0 spiro atoms. The van der Waals surface area contributed by atoms with Gasteiger partial charge in [0.2, 0.25) is 5.91 Å². The van der Waals surface area contributed by atoms with E-state index < -0.39 is 5.92 Å². The summed E-state index contributed by atoms with van der Waals surface area (Å²) in [5.41, 5.74) is 14.9. The number of rotatable bonds is 7. The first-order valence-electron chi connectivity index (χ1n) is 10.1. The SMILES string of the molecule is Cc1ccnc(Nc2ncnc(NNC(=O)C(c3ccccc3)c3ccccc3)c2N)c1. The van der Waals surface area contributed by atoms with E-state index >= 15 is 0 Å². The minimum atomic E-state index is -0.498. The van der Waals surface area contributed by atoms with E-state index in [1.807, 2.05) is 79.7 Å². The topological polar surface area (TPSA) is 118 Å². The molecule has 4 aromatic rings. The maximum absolute atomic E-state index is 13.2. The summed E-state index contributed by atoms with van der Waals surface area (Å²) in [6.07, 6.45) is 3.05. The lowest BCUT2D eigenvalue weighted by atomic mass is 9.91. The predicted octanol–water partition coefficient (Wildman–Crippen LogP) is 3.78. The minimum Gasteiger partial charge on any atom is -0.393 e. The lowest BCUT2D eigenvalue weighted by Crippen LogP contribution is -2.35. The van der Waals surface area contributed by atoms with Gasteiger partial charge in [-0.05, 0) is 35.7 Å². The summed E-state index contributed by atoms with van der Waals surface area (Å²) in [6.45, 7) is 1.97. The van der Waals surface area contributed by atoms with Gasteiger partial charge < -0.3 is 11.1 Å². The number of benzene rings is 2. The third-order valence-electron chi connectivity index (χ3n) is 4.88. The number of pyridine rings is 1. The lowest BCUT2D eigenvalue weighted by Gasteiger charge is -2.19. The Morgan fingerprint density at radius 3 is 2.12 bits per heavy atom. The quantitative estimate of drug-likeness (QED) is 0.333. The number of amides is 1. The highest BCUT2D eigenvalue weighted by molar-refractivity contribution is 5.88. The highest BCUT2D eigenvalue weighted by Gasteiger charge is 2.23. The molecule has 0 saturated heterocycles.